The number of primary amides is 1. The third kappa shape index (κ3) is 4.66. The van der Waals surface area contributed by atoms with Gasteiger partial charge < -0.3 is 20.8 Å². The molecule has 1 fully saturated rings. The van der Waals surface area contributed by atoms with Crippen molar-refractivity contribution in [3.63, 3.8) is 0 Å². The average molecular weight is 396 g/mol. The normalized spacial score (nSPS) is 16.6. The number of hydrogen-bond acceptors (Lipinski definition) is 4. The van der Waals surface area contributed by atoms with E-state index in [0.717, 1.165) is 11.1 Å². The lowest BCUT2D eigenvalue weighted by atomic mass is 9.95. The Kier molecular flexibility index (Phi) is 6.67. The molecule has 0 aliphatic heterocycles. The lowest BCUT2D eigenvalue weighted by Crippen LogP contribution is -2.56. The second-order valence-electron chi connectivity index (χ2n) is 7.71. The van der Waals surface area contributed by atoms with Crippen LogP contribution in [0.4, 0.5) is 0 Å². The fourth-order valence-electron chi connectivity index (χ4n) is 3.84. The number of benzene rings is 2. The van der Waals surface area contributed by atoms with Crippen molar-refractivity contribution in [2.45, 2.75) is 37.8 Å². The molecule has 0 saturated heterocycles. The van der Waals surface area contributed by atoms with Gasteiger partial charge in [0.15, 0.2) is 0 Å². The summed E-state index contributed by atoms with van der Waals surface area (Å²) >= 11 is 0. The van der Waals surface area contributed by atoms with E-state index >= 15 is 0 Å². The van der Waals surface area contributed by atoms with E-state index in [4.69, 9.17) is 5.73 Å². The second kappa shape index (κ2) is 9.20. The van der Waals surface area contributed by atoms with Gasteiger partial charge in [-0.25, -0.2) is 0 Å². The van der Waals surface area contributed by atoms with Crippen LogP contribution in [0.1, 0.15) is 24.0 Å². The van der Waals surface area contributed by atoms with E-state index in [0.29, 0.717) is 25.7 Å². The van der Waals surface area contributed by atoms with Crippen LogP contribution in [-0.4, -0.2) is 52.2 Å². The Balaban J connectivity index is 1.93. The van der Waals surface area contributed by atoms with E-state index in [1.807, 2.05) is 60.7 Å². The third-order valence-electron chi connectivity index (χ3n) is 5.70. The number of rotatable bonds is 10. The van der Waals surface area contributed by atoms with Gasteiger partial charge >= 0.3 is 0 Å². The molecule has 0 bridgehead atoms. The number of hydrogen-bond donors (Lipinski definition) is 3. The largest absolute Gasteiger partial charge is 0.394 e. The van der Waals surface area contributed by atoms with Gasteiger partial charge in [0.05, 0.1) is 25.3 Å². The van der Waals surface area contributed by atoms with E-state index in [-0.39, 0.29) is 13.2 Å². The SMILES string of the molecule is NC(=O)C1(C(=O)N(C(CO)Cc2ccccc2)C(CO)Cc2ccccc2)CC1. The predicted octanol–water partition coefficient (Wildman–Crippen LogP) is 1.29. The smallest absolute Gasteiger partial charge is 0.238 e. The van der Waals surface area contributed by atoms with Crippen LogP contribution in [0, 0.1) is 5.41 Å². The van der Waals surface area contributed by atoms with Crippen LogP contribution in [0.2, 0.25) is 0 Å². The molecular formula is C23H28N2O4. The van der Waals surface area contributed by atoms with Gasteiger partial charge in [0.2, 0.25) is 11.8 Å². The molecule has 6 nitrogen and oxygen atoms in total. The summed E-state index contributed by atoms with van der Waals surface area (Å²) in [6.45, 7) is -0.554. The lowest BCUT2D eigenvalue weighted by Gasteiger charge is -2.39. The number of aliphatic hydroxyl groups is 2. The van der Waals surface area contributed by atoms with E-state index in [1.54, 1.807) is 0 Å². The van der Waals surface area contributed by atoms with Crippen LogP contribution >= 0.6 is 0 Å². The first-order valence-corrected chi connectivity index (χ1v) is 9.94. The van der Waals surface area contributed by atoms with E-state index in [2.05, 4.69) is 0 Å². The van der Waals surface area contributed by atoms with Gasteiger partial charge in [0, 0.05) is 0 Å². The molecule has 2 amide bonds. The number of aliphatic hydroxyl groups excluding tert-OH is 2. The van der Waals surface area contributed by atoms with Gasteiger partial charge in [0.25, 0.3) is 0 Å². The van der Waals surface area contributed by atoms with Crippen molar-refractivity contribution in [3.8, 4) is 0 Å². The minimum absolute atomic E-state index is 0.277. The maximum absolute atomic E-state index is 13.5. The average Bonchev–Trinajstić information content (AvgIpc) is 3.56. The van der Waals surface area contributed by atoms with Crippen LogP contribution in [0.15, 0.2) is 60.7 Å². The molecule has 154 valence electrons. The molecule has 1 aliphatic rings. The van der Waals surface area contributed by atoms with Crippen molar-refractivity contribution >= 4 is 11.8 Å². The van der Waals surface area contributed by atoms with Crippen molar-refractivity contribution in [3.05, 3.63) is 71.8 Å². The minimum atomic E-state index is -1.21. The maximum Gasteiger partial charge on any atom is 0.238 e. The highest BCUT2D eigenvalue weighted by molar-refractivity contribution is 6.07. The molecule has 29 heavy (non-hydrogen) atoms. The van der Waals surface area contributed by atoms with Gasteiger partial charge in [-0.3, -0.25) is 9.59 Å². The molecule has 2 atom stereocenters. The van der Waals surface area contributed by atoms with Gasteiger partial charge in [-0.2, -0.15) is 0 Å². The Morgan fingerprint density at radius 1 is 0.862 bits per heavy atom. The third-order valence-corrected chi connectivity index (χ3v) is 5.70. The summed E-state index contributed by atoms with van der Waals surface area (Å²) in [7, 11) is 0. The van der Waals surface area contributed by atoms with Gasteiger partial charge in [-0.15, -0.1) is 0 Å². The molecule has 2 aromatic carbocycles. The monoisotopic (exact) mass is 396 g/mol. The summed E-state index contributed by atoms with van der Waals surface area (Å²) in [6, 6.07) is 18.0. The molecule has 0 spiro atoms. The molecule has 1 aliphatic carbocycles. The van der Waals surface area contributed by atoms with Crippen molar-refractivity contribution < 1.29 is 19.8 Å². The summed E-state index contributed by atoms with van der Waals surface area (Å²) in [5.41, 5.74) is 6.26. The number of carbonyl (C=O) groups excluding carboxylic acids is 2. The minimum Gasteiger partial charge on any atom is -0.394 e. The van der Waals surface area contributed by atoms with Crippen LogP contribution in [0.3, 0.4) is 0 Å². The van der Waals surface area contributed by atoms with Crippen LogP contribution in [0.5, 0.6) is 0 Å². The standard InChI is InChI=1S/C23H28N2O4/c24-21(28)23(11-12-23)22(29)25(19(15-26)13-17-7-3-1-4-8-17)20(16-27)14-18-9-5-2-6-10-18/h1-10,19-20,26-27H,11-16H2,(H2,24,28). The van der Waals surface area contributed by atoms with Gasteiger partial charge in [-0.05, 0) is 36.8 Å². The van der Waals surface area contributed by atoms with Crippen LogP contribution in [0.25, 0.3) is 0 Å². The highest BCUT2D eigenvalue weighted by Gasteiger charge is 2.58. The van der Waals surface area contributed by atoms with Crippen LogP contribution in [-0.2, 0) is 22.4 Å². The molecule has 0 radical (unpaired) electrons. The first kappa shape index (κ1) is 21.0. The molecular weight excluding hydrogens is 368 g/mol. The van der Waals surface area contributed by atoms with Crippen molar-refractivity contribution in [1.82, 2.24) is 4.90 Å². The summed E-state index contributed by atoms with van der Waals surface area (Å²) < 4.78 is 0. The summed E-state index contributed by atoms with van der Waals surface area (Å²) in [4.78, 5) is 27.0. The Morgan fingerprint density at radius 3 is 1.59 bits per heavy atom. The number of nitrogens with two attached hydrogens (primary N) is 1. The molecule has 0 heterocycles. The van der Waals surface area contributed by atoms with Crippen molar-refractivity contribution in [2.24, 2.45) is 11.1 Å². The molecule has 0 aromatic heterocycles. The number of carbonyl (C=O) groups is 2. The molecule has 2 aromatic rings. The van der Waals surface area contributed by atoms with Crippen LogP contribution < -0.4 is 5.73 Å². The maximum atomic E-state index is 13.5. The lowest BCUT2D eigenvalue weighted by molar-refractivity contribution is -0.149. The topological polar surface area (TPSA) is 104 Å². The molecule has 2 unspecified atom stereocenters. The van der Waals surface area contributed by atoms with E-state index in [1.165, 1.54) is 4.90 Å². The van der Waals surface area contributed by atoms with E-state index < -0.39 is 29.3 Å². The second-order valence-corrected chi connectivity index (χ2v) is 7.71. The predicted molar refractivity (Wildman–Crippen MR) is 110 cm³/mol. The molecule has 1 saturated carbocycles. The van der Waals surface area contributed by atoms with Gasteiger partial charge in [-0.1, -0.05) is 60.7 Å². The zero-order chi connectivity index (χ0) is 20.9. The molecule has 6 heteroatoms. The first-order valence-electron chi connectivity index (χ1n) is 9.94. The zero-order valence-electron chi connectivity index (χ0n) is 16.4. The zero-order valence-corrected chi connectivity index (χ0v) is 16.4. The fraction of sp³-hybridized carbons (Fsp3) is 0.391. The van der Waals surface area contributed by atoms with Crippen molar-refractivity contribution in [2.75, 3.05) is 13.2 Å². The Bertz CT molecular complexity index is 772. The number of nitrogens with zero attached hydrogens (tertiary/aromatic N) is 1. The summed E-state index contributed by atoms with van der Waals surface area (Å²) in [6.07, 6.45) is 1.65. The fourth-order valence-corrected chi connectivity index (χ4v) is 3.84. The van der Waals surface area contributed by atoms with Gasteiger partial charge in [0.1, 0.15) is 5.41 Å². The quantitative estimate of drug-likeness (QED) is 0.527. The Morgan fingerprint density at radius 2 is 1.28 bits per heavy atom. The highest BCUT2D eigenvalue weighted by Crippen LogP contribution is 2.47. The highest BCUT2D eigenvalue weighted by atomic mass is 16.3. The Labute approximate surface area is 171 Å². The number of amides is 2. The van der Waals surface area contributed by atoms with E-state index in [9.17, 15) is 19.8 Å². The molecule has 4 N–H and O–H groups in total. The molecule has 3 rings (SSSR count). The first-order chi connectivity index (χ1) is 14.0. The Hall–Kier alpha value is -2.70. The summed E-state index contributed by atoms with van der Waals surface area (Å²) in [5.74, 6) is -1.03. The van der Waals surface area contributed by atoms with Crippen molar-refractivity contribution in [1.29, 1.82) is 0 Å². The summed E-state index contributed by atoms with van der Waals surface area (Å²) in [5, 5.41) is 20.3.